The van der Waals surface area contributed by atoms with Crippen molar-refractivity contribution in [3.8, 4) is 17.1 Å². The number of aryl methyl sites for hydroxylation is 4. The number of hydrogen-bond donors (Lipinski definition) is 0. The van der Waals surface area contributed by atoms with E-state index in [1.807, 2.05) is 39.8 Å². The van der Waals surface area contributed by atoms with Crippen LogP contribution >= 0.6 is 0 Å². The van der Waals surface area contributed by atoms with Crippen LogP contribution in [0.5, 0.6) is 5.75 Å². The molecule has 1 aromatic carbocycles. The van der Waals surface area contributed by atoms with E-state index in [4.69, 9.17) is 24.4 Å². The summed E-state index contributed by atoms with van der Waals surface area (Å²) < 4.78 is 11.6. The third-order valence-electron chi connectivity index (χ3n) is 7.89. The highest BCUT2D eigenvalue weighted by atomic mass is 16.6. The minimum Gasteiger partial charge on any atom is -0.488 e. The number of anilines is 2. The van der Waals surface area contributed by atoms with Crippen molar-refractivity contribution in [3.05, 3.63) is 58.4 Å². The van der Waals surface area contributed by atoms with Gasteiger partial charge in [-0.15, -0.1) is 0 Å². The fourth-order valence-electron chi connectivity index (χ4n) is 5.68. The lowest BCUT2D eigenvalue weighted by atomic mass is 9.96. The summed E-state index contributed by atoms with van der Waals surface area (Å²) in [4.78, 5) is 34.4. The number of carbonyl (C=O) groups excluding carboxylic acids is 1. The molecule has 0 spiro atoms. The molecule has 0 bridgehead atoms. The molecule has 0 aliphatic carbocycles. The van der Waals surface area contributed by atoms with Crippen molar-refractivity contribution < 1.29 is 14.3 Å². The number of benzene rings is 1. The molecule has 1 fully saturated rings. The summed E-state index contributed by atoms with van der Waals surface area (Å²) in [5, 5.41) is 0. The van der Waals surface area contributed by atoms with Gasteiger partial charge in [-0.05, 0) is 70.7 Å². The Hall–Kier alpha value is -3.88. The van der Waals surface area contributed by atoms with E-state index in [9.17, 15) is 4.79 Å². The van der Waals surface area contributed by atoms with Gasteiger partial charge < -0.3 is 24.2 Å². The van der Waals surface area contributed by atoms with Crippen LogP contribution in [0.3, 0.4) is 0 Å². The number of pyridine rings is 1. The number of ether oxygens (including phenoxy) is 2. The summed E-state index contributed by atoms with van der Waals surface area (Å²) in [5.41, 5.74) is 6.11. The van der Waals surface area contributed by atoms with E-state index in [1.54, 1.807) is 4.90 Å². The van der Waals surface area contributed by atoms with E-state index < -0.39 is 5.60 Å². The monoisotopic (exact) mass is 572 g/mol. The minimum absolute atomic E-state index is 0.266. The van der Waals surface area contributed by atoms with E-state index in [2.05, 4.69) is 48.8 Å². The lowest BCUT2D eigenvalue weighted by Crippen LogP contribution is -2.50. The molecule has 0 saturated carbocycles. The van der Waals surface area contributed by atoms with Crippen molar-refractivity contribution in [2.75, 3.05) is 49.1 Å². The Kier molecular flexibility index (Phi) is 8.57. The van der Waals surface area contributed by atoms with Crippen LogP contribution in [0.4, 0.5) is 16.4 Å². The summed E-state index contributed by atoms with van der Waals surface area (Å²) >= 11 is 0. The molecule has 0 unspecified atom stereocenters. The van der Waals surface area contributed by atoms with E-state index in [1.165, 1.54) is 11.1 Å². The molecule has 2 aliphatic rings. The Balaban J connectivity index is 1.54. The van der Waals surface area contributed by atoms with Crippen LogP contribution < -0.4 is 14.5 Å². The molecule has 0 N–H and O–H groups in total. The zero-order chi connectivity index (χ0) is 30.0. The highest BCUT2D eigenvalue weighted by molar-refractivity contribution is 5.70. The molecule has 0 radical (unpaired) electrons. The molecule has 1 amide bonds. The van der Waals surface area contributed by atoms with Crippen molar-refractivity contribution in [3.63, 3.8) is 0 Å². The van der Waals surface area contributed by atoms with Crippen LogP contribution in [-0.4, -0.2) is 70.9 Å². The predicted molar refractivity (Wildman–Crippen MR) is 166 cm³/mol. The van der Waals surface area contributed by atoms with Crippen LogP contribution in [-0.2, 0) is 24.1 Å². The number of fused-ring (bicyclic) bond motifs is 1. The Morgan fingerprint density at radius 3 is 2.24 bits per heavy atom. The first kappa shape index (κ1) is 29.6. The second kappa shape index (κ2) is 12.2. The van der Waals surface area contributed by atoms with Gasteiger partial charge in [0.1, 0.15) is 18.0 Å². The normalized spacial score (nSPS) is 15.4. The number of rotatable bonds is 6. The third kappa shape index (κ3) is 6.30. The molecule has 224 valence electrons. The van der Waals surface area contributed by atoms with Crippen molar-refractivity contribution in [2.45, 2.75) is 73.5 Å². The first-order valence-corrected chi connectivity index (χ1v) is 15.1. The zero-order valence-corrected chi connectivity index (χ0v) is 26.2. The number of amides is 1. The SMILES string of the molecule is CCc1cccc(CC)c1-c1nc(C)c(CN2CCOc3ccc(C)nc32)c(N2CCN(C(=O)OC(C)(C)C)CC2)n1. The molecule has 2 aromatic heterocycles. The first-order chi connectivity index (χ1) is 20.1. The Morgan fingerprint density at radius 2 is 1.60 bits per heavy atom. The summed E-state index contributed by atoms with van der Waals surface area (Å²) in [6.07, 6.45) is 1.55. The van der Waals surface area contributed by atoms with Crippen LogP contribution in [0, 0.1) is 13.8 Å². The lowest BCUT2D eigenvalue weighted by Gasteiger charge is -2.38. The average Bonchev–Trinajstić information content (AvgIpc) is 2.97. The van der Waals surface area contributed by atoms with E-state index in [0.29, 0.717) is 39.3 Å². The first-order valence-electron chi connectivity index (χ1n) is 15.1. The molecule has 4 heterocycles. The maximum atomic E-state index is 12.8. The Morgan fingerprint density at radius 1 is 0.905 bits per heavy atom. The number of carbonyl (C=O) groups is 1. The summed E-state index contributed by atoms with van der Waals surface area (Å²) in [6.45, 7) is 18.6. The van der Waals surface area contributed by atoms with Gasteiger partial charge >= 0.3 is 6.09 Å². The van der Waals surface area contributed by atoms with Crippen molar-refractivity contribution >= 4 is 17.7 Å². The van der Waals surface area contributed by atoms with Crippen molar-refractivity contribution in [2.24, 2.45) is 0 Å². The summed E-state index contributed by atoms with van der Waals surface area (Å²) in [7, 11) is 0. The Labute approximate surface area is 249 Å². The smallest absolute Gasteiger partial charge is 0.410 e. The second-order valence-electron chi connectivity index (χ2n) is 12.1. The van der Waals surface area contributed by atoms with Gasteiger partial charge in [0, 0.05) is 48.7 Å². The molecule has 5 rings (SSSR count). The van der Waals surface area contributed by atoms with Crippen molar-refractivity contribution in [1.82, 2.24) is 19.9 Å². The average molecular weight is 573 g/mol. The highest BCUT2D eigenvalue weighted by Gasteiger charge is 2.30. The van der Waals surface area contributed by atoms with Crippen molar-refractivity contribution in [1.29, 1.82) is 0 Å². The number of piperazine rings is 1. The number of hydrogen-bond acceptors (Lipinski definition) is 8. The van der Waals surface area contributed by atoms with Gasteiger partial charge in [0.25, 0.3) is 0 Å². The minimum atomic E-state index is -0.523. The van der Waals surface area contributed by atoms with Gasteiger partial charge in [-0.2, -0.15) is 0 Å². The molecule has 0 atom stereocenters. The topological polar surface area (TPSA) is 83.9 Å². The molecule has 9 heteroatoms. The van der Waals surface area contributed by atoms with Gasteiger partial charge in [0.05, 0.1) is 13.1 Å². The maximum Gasteiger partial charge on any atom is 0.410 e. The van der Waals surface area contributed by atoms with Gasteiger partial charge in [-0.1, -0.05) is 32.0 Å². The van der Waals surface area contributed by atoms with Gasteiger partial charge in [0.2, 0.25) is 0 Å². The molecular formula is C33H44N6O3. The Bertz CT molecular complexity index is 1420. The molecular weight excluding hydrogens is 528 g/mol. The quantitative estimate of drug-likeness (QED) is 0.370. The van der Waals surface area contributed by atoms with Crippen LogP contribution in [0.15, 0.2) is 30.3 Å². The number of nitrogens with zero attached hydrogens (tertiary/aromatic N) is 6. The molecule has 9 nitrogen and oxygen atoms in total. The maximum absolute atomic E-state index is 12.8. The standard InChI is InChI=1S/C33H44N6O3/c1-8-24-11-10-12-25(9-2)28(24)29-35-23(4)26(21-39-19-20-41-27-14-13-22(3)34-31(27)39)30(36-29)37-15-17-38(18-16-37)32(40)42-33(5,6)7/h10-14H,8-9,15-21H2,1-7H3. The molecule has 3 aromatic rings. The van der Waals surface area contributed by atoms with E-state index >= 15 is 0 Å². The molecule has 2 aliphatic heterocycles. The van der Waals surface area contributed by atoms with Crippen LogP contribution in [0.25, 0.3) is 11.4 Å². The van der Waals surface area contributed by atoms with Crippen LogP contribution in [0.1, 0.15) is 62.7 Å². The zero-order valence-electron chi connectivity index (χ0n) is 26.2. The van der Waals surface area contributed by atoms with Gasteiger partial charge in [-0.3, -0.25) is 0 Å². The third-order valence-corrected chi connectivity index (χ3v) is 7.89. The molecule has 1 saturated heterocycles. The van der Waals surface area contributed by atoms with Gasteiger partial charge in [0.15, 0.2) is 17.4 Å². The predicted octanol–water partition coefficient (Wildman–Crippen LogP) is 5.74. The fourth-order valence-corrected chi connectivity index (χ4v) is 5.68. The highest BCUT2D eigenvalue weighted by Crippen LogP contribution is 2.35. The molecule has 42 heavy (non-hydrogen) atoms. The largest absolute Gasteiger partial charge is 0.488 e. The second-order valence-corrected chi connectivity index (χ2v) is 12.1. The fraction of sp³-hybridized carbons (Fsp3) is 0.515. The van der Waals surface area contributed by atoms with E-state index in [0.717, 1.165) is 65.1 Å². The number of aromatic nitrogens is 3. The lowest BCUT2D eigenvalue weighted by molar-refractivity contribution is 0.0240. The van der Waals surface area contributed by atoms with E-state index in [-0.39, 0.29) is 6.09 Å². The summed E-state index contributed by atoms with van der Waals surface area (Å²) in [6, 6.07) is 10.5. The summed E-state index contributed by atoms with van der Waals surface area (Å²) in [5.74, 6) is 3.36. The van der Waals surface area contributed by atoms with Gasteiger partial charge in [-0.25, -0.2) is 19.7 Å². The van der Waals surface area contributed by atoms with Crippen LogP contribution in [0.2, 0.25) is 0 Å².